The van der Waals surface area contributed by atoms with Crippen molar-refractivity contribution in [1.29, 1.82) is 0 Å². The summed E-state index contributed by atoms with van der Waals surface area (Å²) in [4.78, 5) is 19.7. The van der Waals surface area contributed by atoms with Crippen LogP contribution in [-0.2, 0) is 11.3 Å². The molecule has 4 rings (SSSR count). The number of amides is 1. The minimum absolute atomic E-state index is 0.149. The summed E-state index contributed by atoms with van der Waals surface area (Å²) >= 11 is 1.37. The number of aromatic nitrogens is 1. The predicted octanol–water partition coefficient (Wildman–Crippen LogP) is 4.93. The average molecular weight is 465 g/mol. The first kappa shape index (κ1) is 22.4. The molecule has 1 aromatic heterocycles. The van der Waals surface area contributed by atoms with Crippen molar-refractivity contribution in [2.45, 2.75) is 6.54 Å². The Morgan fingerprint density at radius 1 is 0.879 bits per heavy atom. The summed E-state index contributed by atoms with van der Waals surface area (Å²) in [5.74, 6) is 2.28. The fourth-order valence-corrected chi connectivity index (χ4v) is 4.42. The molecule has 0 N–H and O–H groups in total. The molecule has 0 bridgehead atoms. The highest BCUT2D eigenvalue weighted by Crippen LogP contribution is 2.40. The van der Waals surface area contributed by atoms with Crippen LogP contribution in [0.5, 0.6) is 23.0 Å². The summed E-state index contributed by atoms with van der Waals surface area (Å²) in [5.41, 5.74) is 1.63. The Kier molecular flexibility index (Phi) is 6.95. The number of methoxy groups -OCH3 is 3. The Labute approximate surface area is 196 Å². The summed E-state index contributed by atoms with van der Waals surface area (Å²) in [6, 6.07) is 20.5. The van der Waals surface area contributed by atoms with E-state index >= 15 is 0 Å². The third-order valence-corrected chi connectivity index (χ3v) is 6.11. The number of hydrogen-bond acceptors (Lipinski definition) is 7. The lowest BCUT2D eigenvalue weighted by molar-refractivity contribution is -0.120. The van der Waals surface area contributed by atoms with Gasteiger partial charge in [0.2, 0.25) is 0 Å². The molecular weight excluding hydrogens is 440 g/mol. The van der Waals surface area contributed by atoms with Gasteiger partial charge in [-0.1, -0.05) is 47.7 Å². The van der Waals surface area contributed by atoms with Crippen LogP contribution in [-0.4, -0.2) is 38.8 Å². The smallest absolute Gasteiger partial charge is 0.267 e. The van der Waals surface area contributed by atoms with Gasteiger partial charge in [-0.3, -0.25) is 9.69 Å². The van der Waals surface area contributed by atoms with Crippen molar-refractivity contribution in [3.05, 3.63) is 72.3 Å². The Hall–Kier alpha value is -3.78. The molecule has 0 aliphatic heterocycles. The SMILES string of the molecule is COc1cccc(OCC(=O)N(Cc2ccccc2)c2nc3c(OC)ccc(OC)c3s2)c1. The third-order valence-electron chi connectivity index (χ3n) is 5.02. The topological polar surface area (TPSA) is 70.1 Å². The number of ether oxygens (including phenoxy) is 4. The number of rotatable bonds is 9. The van der Waals surface area contributed by atoms with Crippen molar-refractivity contribution in [3.8, 4) is 23.0 Å². The Morgan fingerprint density at radius 2 is 1.61 bits per heavy atom. The van der Waals surface area contributed by atoms with Gasteiger partial charge in [0.25, 0.3) is 5.91 Å². The maximum Gasteiger partial charge on any atom is 0.267 e. The molecule has 8 heteroatoms. The average Bonchev–Trinajstić information content (AvgIpc) is 3.31. The highest BCUT2D eigenvalue weighted by atomic mass is 32.1. The molecule has 0 radical (unpaired) electrons. The lowest BCUT2D eigenvalue weighted by Gasteiger charge is -2.20. The molecule has 7 nitrogen and oxygen atoms in total. The van der Waals surface area contributed by atoms with E-state index in [1.807, 2.05) is 48.5 Å². The second-order valence-corrected chi connectivity index (χ2v) is 8.05. The van der Waals surface area contributed by atoms with Crippen LogP contribution in [0.1, 0.15) is 5.56 Å². The zero-order valence-electron chi connectivity index (χ0n) is 18.6. The largest absolute Gasteiger partial charge is 0.497 e. The minimum atomic E-state index is -0.223. The molecule has 0 aliphatic rings. The summed E-state index contributed by atoms with van der Waals surface area (Å²) in [5, 5.41) is 0.538. The van der Waals surface area contributed by atoms with E-state index < -0.39 is 0 Å². The second-order valence-electron chi connectivity index (χ2n) is 7.08. The number of hydrogen-bond donors (Lipinski definition) is 0. The second kappa shape index (κ2) is 10.2. The fourth-order valence-electron chi connectivity index (χ4n) is 3.33. The maximum atomic E-state index is 13.3. The number of thiazole rings is 1. The van der Waals surface area contributed by atoms with Gasteiger partial charge in [-0.25, -0.2) is 4.98 Å². The number of nitrogens with zero attached hydrogens (tertiary/aromatic N) is 2. The van der Waals surface area contributed by atoms with Gasteiger partial charge in [0.15, 0.2) is 11.7 Å². The number of carbonyl (C=O) groups is 1. The molecule has 0 atom stereocenters. The number of carbonyl (C=O) groups excluding carboxylic acids is 1. The first-order valence-corrected chi connectivity index (χ1v) is 11.1. The van der Waals surface area contributed by atoms with Crippen molar-refractivity contribution in [3.63, 3.8) is 0 Å². The molecule has 0 unspecified atom stereocenters. The fraction of sp³-hybridized carbons (Fsp3) is 0.200. The molecule has 0 fully saturated rings. The number of anilines is 1. The Balaban J connectivity index is 1.66. The van der Waals surface area contributed by atoms with Crippen LogP contribution >= 0.6 is 11.3 Å². The molecule has 170 valence electrons. The van der Waals surface area contributed by atoms with E-state index in [1.165, 1.54) is 11.3 Å². The predicted molar refractivity (Wildman–Crippen MR) is 129 cm³/mol. The van der Waals surface area contributed by atoms with Gasteiger partial charge in [0.1, 0.15) is 33.2 Å². The first-order chi connectivity index (χ1) is 16.1. The molecule has 4 aromatic rings. The van der Waals surface area contributed by atoms with Crippen LogP contribution < -0.4 is 23.8 Å². The molecule has 3 aromatic carbocycles. The number of benzene rings is 3. The molecule has 0 spiro atoms. The zero-order chi connectivity index (χ0) is 23.2. The lowest BCUT2D eigenvalue weighted by atomic mass is 10.2. The molecule has 1 amide bonds. The van der Waals surface area contributed by atoms with E-state index in [9.17, 15) is 4.79 Å². The van der Waals surface area contributed by atoms with Gasteiger partial charge in [0.05, 0.1) is 27.9 Å². The molecule has 1 heterocycles. The highest BCUT2D eigenvalue weighted by Gasteiger charge is 2.23. The molecule has 0 saturated carbocycles. The summed E-state index contributed by atoms with van der Waals surface area (Å²) < 4.78 is 22.8. The first-order valence-electron chi connectivity index (χ1n) is 10.3. The van der Waals surface area contributed by atoms with E-state index in [0.717, 1.165) is 10.3 Å². The van der Waals surface area contributed by atoms with Gasteiger partial charge in [0, 0.05) is 6.07 Å². The van der Waals surface area contributed by atoms with Gasteiger partial charge in [-0.2, -0.15) is 0 Å². The monoisotopic (exact) mass is 464 g/mol. The summed E-state index contributed by atoms with van der Waals surface area (Å²) in [6.45, 7) is 0.204. The van der Waals surface area contributed by atoms with Gasteiger partial charge >= 0.3 is 0 Å². The van der Waals surface area contributed by atoms with Crippen LogP contribution in [0.2, 0.25) is 0 Å². The van der Waals surface area contributed by atoms with Crippen LogP contribution in [0.3, 0.4) is 0 Å². The lowest BCUT2D eigenvalue weighted by Crippen LogP contribution is -2.34. The van der Waals surface area contributed by atoms with E-state index in [4.69, 9.17) is 23.9 Å². The Morgan fingerprint density at radius 3 is 2.33 bits per heavy atom. The standard InChI is InChI=1S/C25H24N2O5S/c1-29-18-10-7-11-19(14-18)32-16-22(28)27(15-17-8-5-4-6-9-17)25-26-23-20(30-2)12-13-21(31-3)24(23)33-25/h4-14H,15-16H2,1-3H3. The normalized spacial score (nSPS) is 10.6. The molecule has 33 heavy (non-hydrogen) atoms. The zero-order valence-corrected chi connectivity index (χ0v) is 19.4. The van der Waals surface area contributed by atoms with Crippen LogP contribution in [0, 0.1) is 0 Å². The van der Waals surface area contributed by atoms with Gasteiger partial charge in [-0.05, 0) is 29.8 Å². The highest BCUT2D eigenvalue weighted by molar-refractivity contribution is 7.22. The van der Waals surface area contributed by atoms with E-state index in [-0.39, 0.29) is 12.5 Å². The van der Waals surface area contributed by atoms with Gasteiger partial charge in [-0.15, -0.1) is 0 Å². The third kappa shape index (κ3) is 5.01. The quantitative estimate of drug-likeness (QED) is 0.350. The van der Waals surface area contributed by atoms with E-state index in [1.54, 1.807) is 44.4 Å². The van der Waals surface area contributed by atoms with Crippen molar-refractivity contribution >= 4 is 32.6 Å². The number of fused-ring (bicyclic) bond motifs is 1. The van der Waals surface area contributed by atoms with E-state index in [2.05, 4.69) is 0 Å². The summed E-state index contributed by atoms with van der Waals surface area (Å²) in [7, 11) is 4.78. The maximum absolute atomic E-state index is 13.3. The Bertz CT molecular complexity index is 1200. The van der Waals surface area contributed by atoms with Crippen LogP contribution in [0.25, 0.3) is 10.2 Å². The molecule has 0 saturated heterocycles. The molecular formula is C25H24N2O5S. The van der Waals surface area contributed by atoms with Gasteiger partial charge < -0.3 is 18.9 Å². The minimum Gasteiger partial charge on any atom is -0.497 e. The summed E-state index contributed by atoms with van der Waals surface area (Å²) in [6.07, 6.45) is 0. The van der Waals surface area contributed by atoms with Crippen LogP contribution in [0.15, 0.2) is 66.7 Å². The van der Waals surface area contributed by atoms with Crippen molar-refractivity contribution in [2.75, 3.05) is 32.8 Å². The van der Waals surface area contributed by atoms with Crippen molar-refractivity contribution in [2.24, 2.45) is 0 Å². The molecule has 0 aliphatic carbocycles. The van der Waals surface area contributed by atoms with Crippen LogP contribution in [0.4, 0.5) is 5.13 Å². The van der Waals surface area contributed by atoms with E-state index in [0.29, 0.717) is 40.2 Å². The van der Waals surface area contributed by atoms with Crippen molar-refractivity contribution in [1.82, 2.24) is 4.98 Å². The van der Waals surface area contributed by atoms with Crippen molar-refractivity contribution < 1.29 is 23.7 Å².